The third kappa shape index (κ3) is 7.43. The quantitative estimate of drug-likeness (QED) is 0.683. The molecule has 0 spiro atoms. The van der Waals surface area contributed by atoms with Gasteiger partial charge in [-0.2, -0.15) is 0 Å². The van der Waals surface area contributed by atoms with Crippen molar-refractivity contribution < 1.29 is 4.79 Å². The molecule has 0 radical (unpaired) electrons. The monoisotopic (exact) mass is 403 g/mol. The van der Waals surface area contributed by atoms with Crippen LogP contribution in [-0.4, -0.2) is 54.5 Å². The average Bonchev–Trinajstić information content (AvgIpc) is 2.98. The molecule has 2 rings (SSSR count). The van der Waals surface area contributed by atoms with Gasteiger partial charge in [-0.15, -0.1) is 24.8 Å². The summed E-state index contributed by atoms with van der Waals surface area (Å²) >= 11 is 0. The van der Waals surface area contributed by atoms with Gasteiger partial charge < -0.3 is 15.5 Å². The smallest absolute Gasteiger partial charge is 0.222 e. The van der Waals surface area contributed by atoms with Crippen molar-refractivity contribution in [2.45, 2.75) is 51.5 Å². The molecule has 0 aromatic heterocycles. The van der Waals surface area contributed by atoms with E-state index in [9.17, 15) is 4.79 Å². The Morgan fingerprint density at radius 1 is 1.08 bits per heavy atom. The van der Waals surface area contributed by atoms with Gasteiger partial charge in [-0.05, 0) is 44.5 Å². The number of likely N-dealkylation sites (tertiary alicyclic amines) is 1. The standard InChI is InChI=1S/C20H33N3O.2ClH/c1-3-12-22(13-4-2)14-8-11-20(24)23-15-18(19(21)16-23)17-9-6-5-7-10-17;;/h5-7,9-10,18-19H,3-4,8,11-16,21H2,1-2H3;2*1H/t18-,19+;;/m0../s1. The first-order valence-electron chi connectivity index (χ1n) is 9.46. The van der Waals surface area contributed by atoms with Crippen LogP contribution in [0.2, 0.25) is 0 Å². The third-order valence-electron chi connectivity index (χ3n) is 4.89. The van der Waals surface area contributed by atoms with Gasteiger partial charge >= 0.3 is 0 Å². The van der Waals surface area contributed by atoms with Gasteiger partial charge in [0.2, 0.25) is 5.91 Å². The summed E-state index contributed by atoms with van der Waals surface area (Å²) in [6.45, 7) is 9.16. The van der Waals surface area contributed by atoms with Gasteiger partial charge in [0.15, 0.2) is 0 Å². The molecule has 0 saturated carbocycles. The molecular weight excluding hydrogens is 369 g/mol. The largest absolute Gasteiger partial charge is 0.340 e. The van der Waals surface area contributed by atoms with Crippen LogP contribution in [0.15, 0.2) is 30.3 Å². The Morgan fingerprint density at radius 3 is 2.27 bits per heavy atom. The van der Waals surface area contributed by atoms with E-state index in [1.54, 1.807) is 0 Å². The van der Waals surface area contributed by atoms with E-state index < -0.39 is 0 Å². The van der Waals surface area contributed by atoms with Crippen molar-refractivity contribution in [2.24, 2.45) is 5.73 Å². The molecular formula is C20H35Cl2N3O. The summed E-state index contributed by atoms with van der Waals surface area (Å²) in [5, 5.41) is 0. The maximum absolute atomic E-state index is 12.5. The number of hydrogen-bond donors (Lipinski definition) is 1. The van der Waals surface area contributed by atoms with Gasteiger partial charge in [-0.3, -0.25) is 4.79 Å². The molecule has 26 heavy (non-hydrogen) atoms. The minimum absolute atomic E-state index is 0. The minimum Gasteiger partial charge on any atom is -0.340 e. The zero-order valence-corrected chi connectivity index (χ0v) is 17.7. The maximum Gasteiger partial charge on any atom is 0.222 e. The first-order valence-corrected chi connectivity index (χ1v) is 9.46. The highest BCUT2D eigenvalue weighted by molar-refractivity contribution is 5.85. The zero-order valence-electron chi connectivity index (χ0n) is 16.1. The van der Waals surface area contributed by atoms with Gasteiger partial charge in [-0.25, -0.2) is 0 Å². The number of nitrogens with two attached hydrogens (primary N) is 1. The molecule has 1 heterocycles. The molecule has 2 atom stereocenters. The third-order valence-corrected chi connectivity index (χ3v) is 4.89. The van der Waals surface area contributed by atoms with E-state index in [1.165, 1.54) is 18.4 Å². The van der Waals surface area contributed by atoms with Crippen molar-refractivity contribution in [2.75, 3.05) is 32.7 Å². The van der Waals surface area contributed by atoms with Gasteiger partial charge in [0.1, 0.15) is 0 Å². The number of rotatable bonds is 9. The normalized spacial score (nSPS) is 19.2. The van der Waals surface area contributed by atoms with Crippen LogP contribution >= 0.6 is 24.8 Å². The number of carbonyl (C=O) groups is 1. The van der Waals surface area contributed by atoms with Crippen molar-refractivity contribution in [1.29, 1.82) is 0 Å². The lowest BCUT2D eigenvalue weighted by Gasteiger charge is -2.21. The summed E-state index contributed by atoms with van der Waals surface area (Å²) < 4.78 is 0. The lowest BCUT2D eigenvalue weighted by atomic mass is 9.95. The molecule has 1 amide bonds. The molecule has 6 heteroatoms. The van der Waals surface area contributed by atoms with Crippen LogP contribution in [0.25, 0.3) is 0 Å². The van der Waals surface area contributed by atoms with Gasteiger partial charge in [0.25, 0.3) is 0 Å². The van der Waals surface area contributed by atoms with Crippen LogP contribution in [0.5, 0.6) is 0 Å². The molecule has 0 bridgehead atoms. The zero-order chi connectivity index (χ0) is 17.4. The Labute approximate surface area is 171 Å². The summed E-state index contributed by atoms with van der Waals surface area (Å²) in [6.07, 6.45) is 3.93. The van der Waals surface area contributed by atoms with Gasteiger partial charge in [0, 0.05) is 31.5 Å². The van der Waals surface area contributed by atoms with Gasteiger partial charge in [-0.1, -0.05) is 44.2 Å². The number of benzene rings is 1. The molecule has 150 valence electrons. The van der Waals surface area contributed by atoms with E-state index in [2.05, 4.69) is 30.9 Å². The lowest BCUT2D eigenvalue weighted by molar-refractivity contribution is -0.130. The van der Waals surface area contributed by atoms with Gasteiger partial charge in [0.05, 0.1) is 0 Å². The molecule has 4 nitrogen and oxygen atoms in total. The first kappa shape index (κ1) is 25.2. The van der Waals surface area contributed by atoms with Crippen LogP contribution in [0.1, 0.15) is 51.0 Å². The Balaban J connectivity index is 0.00000312. The summed E-state index contributed by atoms with van der Waals surface area (Å²) in [7, 11) is 0. The molecule has 1 fully saturated rings. The summed E-state index contributed by atoms with van der Waals surface area (Å²) in [5.74, 6) is 0.531. The Bertz CT molecular complexity index is 495. The Hall–Kier alpha value is -0.810. The molecule has 1 aliphatic heterocycles. The van der Waals surface area contributed by atoms with E-state index in [4.69, 9.17) is 5.73 Å². The highest BCUT2D eigenvalue weighted by Crippen LogP contribution is 2.26. The Kier molecular flexibility index (Phi) is 13.0. The maximum atomic E-state index is 12.5. The second-order valence-electron chi connectivity index (χ2n) is 6.92. The molecule has 1 saturated heterocycles. The van der Waals surface area contributed by atoms with Crippen LogP contribution < -0.4 is 5.73 Å². The number of nitrogens with zero attached hydrogens (tertiary/aromatic N) is 2. The predicted octanol–water partition coefficient (Wildman–Crippen LogP) is 3.69. The summed E-state index contributed by atoms with van der Waals surface area (Å²) in [5.41, 5.74) is 7.54. The molecule has 1 aromatic carbocycles. The fraction of sp³-hybridized carbons (Fsp3) is 0.650. The fourth-order valence-corrected chi connectivity index (χ4v) is 3.67. The number of amides is 1. The molecule has 1 aliphatic rings. The van der Waals surface area contributed by atoms with Crippen LogP contribution in [-0.2, 0) is 4.79 Å². The van der Waals surface area contributed by atoms with Crippen LogP contribution in [0.3, 0.4) is 0 Å². The van der Waals surface area contributed by atoms with E-state index in [1.807, 2.05) is 23.1 Å². The van der Waals surface area contributed by atoms with E-state index in [0.29, 0.717) is 13.0 Å². The highest BCUT2D eigenvalue weighted by atomic mass is 35.5. The van der Waals surface area contributed by atoms with E-state index >= 15 is 0 Å². The van der Waals surface area contributed by atoms with Crippen molar-refractivity contribution in [3.8, 4) is 0 Å². The minimum atomic E-state index is 0. The molecule has 1 aromatic rings. The van der Waals surface area contributed by atoms with Crippen LogP contribution in [0.4, 0.5) is 0 Å². The second-order valence-corrected chi connectivity index (χ2v) is 6.92. The second kappa shape index (κ2) is 13.4. The van der Waals surface area contributed by atoms with E-state index in [0.717, 1.165) is 32.6 Å². The lowest BCUT2D eigenvalue weighted by Crippen LogP contribution is -2.33. The van der Waals surface area contributed by atoms with Crippen molar-refractivity contribution in [3.63, 3.8) is 0 Å². The van der Waals surface area contributed by atoms with E-state index in [-0.39, 0.29) is 42.7 Å². The molecule has 0 unspecified atom stereocenters. The number of hydrogen-bond acceptors (Lipinski definition) is 3. The molecule has 0 aliphatic carbocycles. The summed E-state index contributed by atoms with van der Waals surface area (Å²) in [6, 6.07) is 10.4. The summed E-state index contributed by atoms with van der Waals surface area (Å²) in [4.78, 5) is 16.9. The average molecular weight is 404 g/mol. The number of halogens is 2. The molecule has 2 N–H and O–H groups in total. The van der Waals surface area contributed by atoms with Crippen molar-refractivity contribution in [1.82, 2.24) is 9.80 Å². The first-order chi connectivity index (χ1) is 11.7. The Morgan fingerprint density at radius 2 is 1.69 bits per heavy atom. The van der Waals surface area contributed by atoms with Crippen molar-refractivity contribution in [3.05, 3.63) is 35.9 Å². The predicted molar refractivity (Wildman–Crippen MR) is 114 cm³/mol. The van der Waals surface area contributed by atoms with Crippen LogP contribution in [0, 0.1) is 0 Å². The number of carbonyl (C=O) groups excluding carboxylic acids is 1. The topological polar surface area (TPSA) is 49.6 Å². The van der Waals surface area contributed by atoms with Crippen molar-refractivity contribution >= 4 is 30.7 Å². The SMILES string of the molecule is CCCN(CCC)CCCC(=O)N1C[C@@H](N)[C@H](c2ccccc2)C1.Cl.Cl. The fourth-order valence-electron chi connectivity index (χ4n) is 3.67. The highest BCUT2D eigenvalue weighted by Gasteiger charge is 2.33.